The van der Waals surface area contributed by atoms with Crippen molar-refractivity contribution in [2.75, 3.05) is 11.1 Å². The minimum absolute atomic E-state index is 0.222. The van der Waals surface area contributed by atoms with E-state index in [2.05, 4.69) is 14.9 Å². The molecule has 0 aliphatic carbocycles. The van der Waals surface area contributed by atoms with Gasteiger partial charge in [-0.15, -0.1) is 5.10 Å². The van der Waals surface area contributed by atoms with Crippen LogP contribution in [-0.4, -0.2) is 15.5 Å². The predicted molar refractivity (Wildman–Crippen MR) is 77.7 cm³/mol. The standard InChI is InChI=1S/C12H13ClN4OS/c1-2-3-10-11(19-17-16-10)12(18)15-7-4-5-8(13)9(14)6-7/h4-6H,2-3,14H2,1H3,(H,15,18). The van der Waals surface area contributed by atoms with Crippen molar-refractivity contribution >= 4 is 40.4 Å². The number of nitrogens with two attached hydrogens (primary N) is 1. The predicted octanol–water partition coefficient (Wildman–Crippen LogP) is 2.98. The summed E-state index contributed by atoms with van der Waals surface area (Å²) in [7, 11) is 0. The molecule has 1 aromatic heterocycles. The Balaban J connectivity index is 2.16. The average molecular weight is 297 g/mol. The number of nitrogens with one attached hydrogen (secondary N) is 1. The Labute approximate surface area is 119 Å². The number of aryl methyl sites for hydroxylation is 1. The fourth-order valence-corrected chi connectivity index (χ4v) is 2.31. The monoisotopic (exact) mass is 296 g/mol. The maximum Gasteiger partial charge on any atom is 0.269 e. The molecule has 7 heteroatoms. The van der Waals surface area contributed by atoms with Crippen LogP contribution in [-0.2, 0) is 6.42 Å². The lowest BCUT2D eigenvalue weighted by Gasteiger charge is -2.06. The summed E-state index contributed by atoms with van der Waals surface area (Å²) in [5.74, 6) is -0.222. The van der Waals surface area contributed by atoms with Crippen LogP contribution in [0.4, 0.5) is 11.4 Å². The van der Waals surface area contributed by atoms with Crippen LogP contribution in [0.1, 0.15) is 28.7 Å². The third-order valence-corrected chi connectivity index (χ3v) is 3.61. The number of rotatable bonds is 4. The Hall–Kier alpha value is -1.66. The molecule has 0 saturated carbocycles. The second-order valence-corrected chi connectivity index (χ2v) is 5.15. The lowest BCUT2D eigenvalue weighted by molar-refractivity contribution is 0.102. The normalized spacial score (nSPS) is 10.4. The SMILES string of the molecule is CCCc1nnsc1C(=O)Nc1ccc(Cl)c(N)c1. The van der Waals surface area contributed by atoms with E-state index in [1.165, 1.54) is 0 Å². The molecule has 2 aromatic rings. The summed E-state index contributed by atoms with van der Waals surface area (Å²) in [6.45, 7) is 2.03. The van der Waals surface area contributed by atoms with Crippen LogP contribution < -0.4 is 11.1 Å². The quantitative estimate of drug-likeness (QED) is 0.850. The van der Waals surface area contributed by atoms with Gasteiger partial charge in [0.15, 0.2) is 0 Å². The molecule has 5 nitrogen and oxygen atoms in total. The van der Waals surface area contributed by atoms with Crippen LogP contribution in [0, 0.1) is 0 Å². The van der Waals surface area contributed by atoms with Gasteiger partial charge in [0.2, 0.25) is 0 Å². The van der Waals surface area contributed by atoms with E-state index in [9.17, 15) is 4.79 Å². The second-order valence-electron chi connectivity index (χ2n) is 3.99. The van der Waals surface area contributed by atoms with Gasteiger partial charge < -0.3 is 11.1 Å². The van der Waals surface area contributed by atoms with Gasteiger partial charge in [-0.05, 0) is 36.2 Å². The van der Waals surface area contributed by atoms with Crippen molar-refractivity contribution in [3.63, 3.8) is 0 Å². The molecule has 2 rings (SSSR count). The first-order valence-corrected chi connectivity index (χ1v) is 6.94. The summed E-state index contributed by atoms with van der Waals surface area (Å²) in [6.07, 6.45) is 1.65. The first-order chi connectivity index (χ1) is 9.11. The van der Waals surface area contributed by atoms with Crippen molar-refractivity contribution in [3.8, 4) is 0 Å². The van der Waals surface area contributed by atoms with E-state index in [0.29, 0.717) is 21.3 Å². The van der Waals surface area contributed by atoms with E-state index in [1.807, 2.05) is 6.92 Å². The number of benzene rings is 1. The lowest BCUT2D eigenvalue weighted by atomic mass is 10.2. The molecule has 3 N–H and O–H groups in total. The zero-order valence-electron chi connectivity index (χ0n) is 10.3. The van der Waals surface area contributed by atoms with Gasteiger partial charge in [0.25, 0.3) is 5.91 Å². The maximum absolute atomic E-state index is 12.1. The number of nitrogens with zero attached hydrogens (tertiary/aromatic N) is 2. The number of hydrogen-bond acceptors (Lipinski definition) is 5. The van der Waals surface area contributed by atoms with Gasteiger partial charge in [0.05, 0.1) is 16.4 Å². The summed E-state index contributed by atoms with van der Waals surface area (Å²) in [4.78, 5) is 12.6. The second kappa shape index (κ2) is 5.99. The molecule has 1 heterocycles. The van der Waals surface area contributed by atoms with E-state index in [1.54, 1.807) is 18.2 Å². The van der Waals surface area contributed by atoms with E-state index in [4.69, 9.17) is 17.3 Å². The van der Waals surface area contributed by atoms with Crippen molar-refractivity contribution in [1.82, 2.24) is 9.59 Å². The number of halogens is 1. The molecule has 19 heavy (non-hydrogen) atoms. The fourth-order valence-electron chi connectivity index (χ4n) is 1.59. The number of carbonyl (C=O) groups excluding carboxylic acids is 1. The minimum atomic E-state index is -0.222. The number of carbonyl (C=O) groups is 1. The Morgan fingerprint density at radius 2 is 2.32 bits per heavy atom. The lowest BCUT2D eigenvalue weighted by Crippen LogP contribution is -2.12. The highest BCUT2D eigenvalue weighted by molar-refractivity contribution is 7.08. The highest BCUT2D eigenvalue weighted by atomic mass is 35.5. The summed E-state index contributed by atoms with van der Waals surface area (Å²) in [5, 5.41) is 7.19. The maximum atomic E-state index is 12.1. The van der Waals surface area contributed by atoms with Gasteiger partial charge >= 0.3 is 0 Å². The van der Waals surface area contributed by atoms with Gasteiger partial charge in [-0.3, -0.25) is 4.79 Å². The van der Waals surface area contributed by atoms with Gasteiger partial charge in [0.1, 0.15) is 4.88 Å². The molecular formula is C12H13ClN4OS. The molecule has 0 aliphatic heterocycles. The van der Waals surface area contributed by atoms with Crippen LogP contribution in [0.25, 0.3) is 0 Å². The number of amides is 1. The van der Waals surface area contributed by atoms with Crippen molar-refractivity contribution in [1.29, 1.82) is 0 Å². The van der Waals surface area contributed by atoms with Crippen molar-refractivity contribution < 1.29 is 4.79 Å². The Morgan fingerprint density at radius 1 is 1.53 bits per heavy atom. The van der Waals surface area contributed by atoms with Crippen LogP contribution in [0.15, 0.2) is 18.2 Å². The highest BCUT2D eigenvalue weighted by Crippen LogP contribution is 2.23. The topological polar surface area (TPSA) is 80.9 Å². The Kier molecular flexibility index (Phi) is 4.34. The number of anilines is 2. The largest absolute Gasteiger partial charge is 0.397 e. The fraction of sp³-hybridized carbons (Fsp3) is 0.250. The van der Waals surface area contributed by atoms with Crippen LogP contribution in [0.2, 0.25) is 5.02 Å². The van der Waals surface area contributed by atoms with Crippen LogP contribution in [0.5, 0.6) is 0 Å². The molecule has 0 spiro atoms. The van der Waals surface area contributed by atoms with Crippen molar-refractivity contribution in [2.45, 2.75) is 19.8 Å². The average Bonchev–Trinajstić information content (AvgIpc) is 2.83. The molecule has 1 aromatic carbocycles. The summed E-state index contributed by atoms with van der Waals surface area (Å²) in [6, 6.07) is 4.96. The highest BCUT2D eigenvalue weighted by Gasteiger charge is 2.15. The molecule has 0 saturated heterocycles. The molecule has 0 aliphatic rings. The Morgan fingerprint density at radius 3 is 3.00 bits per heavy atom. The summed E-state index contributed by atoms with van der Waals surface area (Å²) < 4.78 is 3.82. The van der Waals surface area contributed by atoms with E-state index < -0.39 is 0 Å². The minimum Gasteiger partial charge on any atom is -0.397 e. The molecule has 0 fully saturated rings. The van der Waals surface area contributed by atoms with Crippen molar-refractivity contribution in [3.05, 3.63) is 33.8 Å². The van der Waals surface area contributed by atoms with Crippen LogP contribution in [0.3, 0.4) is 0 Å². The van der Waals surface area contributed by atoms with E-state index in [0.717, 1.165) is 30.1 Å². The molecule has 0 bridgehead atoms. The molecule has 1 amide bonds. The third-order valence-electron chi connectivity index (χ3n) is 2.50. The van der Waals surface area contributed by atoms with Gasteiger partial charge in [0, 0.05) is 5.69 Å². The molecule has 0 atom stereocenters. The number of nitrogen functional groups attached to an aromatic ring is 1. The van der Waals surface area contributed by atoms with E-state index in [-0.39, 0.29) is 5.91 Å². The molecule has 100 valence electrons. The summed E-state index contributed by atoms with van der Waals surface area (Å²) in [5.41, 5.74) is 7.44. The summed E-state index contributed by atoms with van der Waals surface area (Å²) >= 11 is 6.92. The number of hydrogen-bond donors (Lipinski definition) is 2. The van der Waals surface area contributed by atoms with Gasteiger partial charge in [-0.1, -0.05) is 29.4 Å². The third kappa shape index (κ3) is 3.21. The zero-order valence-corrected chi connectivity index (χ0v) is 11.9. The molecule has 0 radical (unpaired) electrons. The van der Waals surface area contributed by atoms with Crippen molar-refractivity contribution in [2.24, 2.45) is 0 Å². The molecular weight excluding hydrogens is 284 g/mol. The Bertz CT molecular complexity index is 599. The van der Waals surface area contributed by atoms with Gasteiger partial charge in [-0.2, -0.15) is 0 Å². The first-order valence-electron chi connectivity index (χ1n) is 5.79. The molecule has 0 unspecified atom stereocenters. The smallest absolute Gasteiger partial charge is 0.269 e. The zero-order chi connectivity index (χ0) is 13.8. The number of aromatic nitrogens is 2. The van der Waals surface area contributed by atoms with E-state index >= 15 is 0 Å². The first kappa shape index (κ1) is 13.8. The van der Waals surface area contributed by atoms with Crippen LogP contribution >= 0.6 is 23.1 Å². The van der Waals surface area contributed by atoms with Gasteiger partial charge in [-0.25, -0.2) is 0 Å².